The summed E-state index contributed by atoms with van der Waals surface area (Å²) in [4.78, 5) is 15.7. The van der Waals surface area contributed by atoms with E-state index in [1.165, 1.54) is 52.7 Å². The van der Waals surface area contributed by atoms with Crippen LogP contribution in [0.2, 0.25) is 5.02 Å². The maximum Gasteiger partial charge on any atom is 0.258 e. The van der Waals surface area contributed by atoms with Gasteiger partial charge in [-0.25, -0.2) is 16.8 Å². The molecule has 43 heavy (non-hydrogen) atoms. The van der Waals surface area contributed by atoms with Gasteiger partial charge in [0, 0.05) is 43.4 Å². The molecule has 2 N–H and O–H groups in total. The van der Waals surface area contributed by atoms with Crippen molar-refractivity contribution in [2.24, 2.45) is 5.92 Å². The zero-order valence-electron chi connectivity index (χ0n) is 25.2. The number of benzene rings is 2. The van der Waals surface area contributed by atoms with Crippen LogP contribution in [0, 0.1) is 5.92 Å². The van der Waals surface area contributed by atoms with Gasteiger partial charge in [0.1, 0.15) is 5.75 Å². The van der Waals surface area contributed by atoms with E-state index in [0.29, 0.717) is 30.2 Å². The highest BCUT2D eigenvalue weighted by atomic mass is 35.5. The van der Waals surface area contributed by atoms with Crippen LogP contribution in [0.1, 0.15) is 50.4 Å². The monoisotopic (exact) mass is 659 g/mol. The Balaban J connectivity index is 1.98. The number of nitrogens with one attached hydrogen (secondary N) is 1. The molecule has 0 spiro atoms. The first kappa shape index (κ1) is 35.1. The second-order valence-corrected chi connectivity index (χ2v) is 15.4. The molecule has 0 fully saturated rings. The van der Waals surface area contributed by atoms with Crippen molar-refractivity contribution in [2.75, 3.05) is 44.3 Å². The summed E-state index contributed by atoms with van der Waals surface area (Å²) in [5.41, 5.74) is 0.344. The Morgan fingerprint density at radius 1 is 1.12 bits per heavy atom. The first-order valence-electron chi connectivity index (χ1n) is 14.2. The average Bonchev–Trinajstić information content (AvgIpc) is 2.93. The third kappa shape index (κ3) is 9.79. The van der Waals surface area contributed by atoms with Crippen molar-refractivity contribution in [1.82, 2.24) is 9.21 Å². The number of fused-ring (bicyclic) bond motifs is 1. The van der Waals surface area contributed by atoms with E-state index in [0.717, 1.165) is 12.7 Å². The van der Waals surface area contributed by atoms with Gasteiger partial charge in [0.05, 0.1) is 41.6 Å². The molecule has 0 radical (unpaired) electrons. The third-order valence-corrected chi connectivity index (χ3v) is 10.0. The lowest BCUT2D eigenvalue weighted by Crippen LogP contribution is -2.48. The molecule has 0 aromatic heterocycles. The van der Waals surface area contributed by atoms with Gasteiger partial charge in [-0.3, -0.25) is 9.52 Å². The Morgan fingerprint density at radius 3 is 2.42 bits per heavy atom. The molecule has 1 aliphatic heterocycles. The standard InChI is InChI=1S/C29H42ClN3O8S2/c1-20-17-33(21(2)19-34)29(35)26-16-24(31-42(5,36)37)11-14-27(26)41-22(3)8-6-7-15-40-28(20)18-32(4)43(38,39)25-12-9-23(30)10-13-25/h9-14,16,20-22,28,31,34H,6-8,15,17-19H2,1-5H3/t20-,21+,22-,28+/m1/s1. The minimum Gasteiger partial charge on any atom is -0.490 e. The summed E-state index contributed by atoms with van der Waals surface area (Å²) in [6.45, 7) is 5.66. The molecule has 2 aromatic carbocycles. The maximum atomic E-state index is 14.1. The minimum atomic E-state index is -3.85. The molecule has 1 aliphatic rings. The van der Waals surface area contributed by atoms with Crippen LogP contribution in [0.4, 0.5) is 5.69 Å². The number of halogens is 1. The molecule has 4 atom stereocenters. The van der Waals surface area contributed by atoms with Crippen LogP contribution >= 0.6 is 11.6 Å². The van der Waals surface area contributed by atoms with Gasteiger partial charge in [0.15, 0.2) is 0 Å². The quantitative estimate of drug-likeness (QED) is 0.436. The van der Waals surface area contributed by atoms with Crippen molar-refractivity contribution in [3.63, 3.8) is 0 Å². The Labute approximate surface area is 260 Å². The second-order valence-electron chi connectivity index (χ2n) is 11.1. The molecular formula is C29H42ClN3O8S2. The molecule has 0 bridgehead atoms. The Morgan fingerprint density at radius 2 is 1.79 bits per heavy atom. The highest BCUT2D eigenvalue weighted by molar-refractivity contribution is 7.92. The van der Waals surface area contributed by atoms with Crippen LogP contribution in [0.25, 0.3) is 0 Å². The fourth-order valence-corrected chi connectivity index (χ4v) is 6.66. The SMILES string of the molecule is C[C@@H]1CCCCO[C@@H](CN(C)S(=O)(=O)c2ccc(Cl)cc2)[C@H](C)CN([C@@H](C)CO)C(=O)c2cc(NS(C)(=O)=O)ccc2O1. The van der Waals surface area contributed by atoms with Crippen LogP contribution in [0.15, 0.2) is 47.4 Å². The summed E-state index contributed by atoms with van der Waals surface area (Å²) in [7, 11) is -5.98. The van der Waals surface area contributed by atoms with E-state index in [1.807, 2.05) is 13.8 Å². The molecule has 0 saturated carbocycles. The van der Waals surface area contributed by atoms with Crippen molar-refractivity contribution < 1.29 is 36.2 Å². The van der Waals surface area contributed by atoms with Crippen molar-refractivity contribution in [3.05, 3.63) is 53.1 Å². The van der Waals surface area contributed by atoms with Gasteiger partial charge in [0.25, 0.3) is 5.91 Å². The maximum absolute atomic E-state index is 14.1. The van der Waals surface area contributed by atoms with Gasteiger partial charge < -0.3 is 19.5 Å². The highest BCUT2D eigenvalue weighted by Crippen LogP contribution is 2.29. The number of ether oxygens (including phenoxy) is 2. The molecule has 0 aliphatic carbocycles. The second kappa shape index (κ2) is 15.0. The lowest BCUT2D eigenvalue weighted by molar-refractivity contribution is -0.00833. The summed E-state index contributed by atoms with van der Waals surface area (Å²) in [6.07, 6.45) is 2.34. The zero-order chi connectivity index (χ0) is 31.9. The minimum absolute atomic E-state index is 0.0280. The number of hydrogen-bond donors (Lipinski definition) is 2. The summed E-state index contributed by atoms with van der Waals surface area (Å²) in [5.74, 6) is -0.520. The van der Waals surface area contributed by atoms with E-state index in [2.05, 4.69) is 4.72 Å². The highest BCUT2D eigenvalue weighted by Gasteiger charge is 2.32. The van der Waals surface area contributed by atoms with E-state index >= 15 is 0 Å². The molecule has 11 nitrogen and oxygen atoms in total. The molecule has 0 saturated heterocycles. The van der Waals surface area contributed by atoms with Crippen LogP contribution < -0.4 is 9.46 Å². The Hall–Kier alpha value is -2.42. The number of rotatable bonds is 8. The van der Waals surface area contributed by atoms with Gasteiger partial charge in [-0.15, -0.1) is 0 Å². The van der Waals surface area contributed by atoms with E-state index in [-0.39, 0.29) is 47.9 Å². The van der Waals surface area contributed by atoms with Crippen LogP contribution in [0.5, 0.6) is 5.75 Å². The van der Waals surface area contributed by atoms with E-state index in [4.69, 9.17) is 21.1 Å². The zero-order valence-corrected chi connectivity index (χ0v) is 27.6. The predicted octanol–water partition coefficient (Wildman–Crippen LogP) is 3.83. The predicted molar refractivity (Wildman–Crippen MR) is 167 cm³/mol. The number of aliphatic hydroxyl groups excluding tert-OH is 1. The van der Waals surface area contributed by atoms with Crippen LogP contribution in [0.3, 0.4) is 0 Å². The van der Waals surface area contributed by atoms with Gasteiger partial charge in [-0.2, -0.15) is 4.31 Å². The number of carbonyl (C=O) groups is 1. The smallest absolute Gasteiger partial charge is 0.258 e. The normalized spacial score (nSPS) is 21.9. The number of aliphatic hydroxyl groups is 1. The van der Waals surface area contributed by atoms with Crippen molar-refractivity contribution >= 4 is 43.2 Å². The molecule has 0 unspecified atom stereocenters. The first-order valence-corrected chi connectivity index (χ1v) is 17.9. The molecule has 14 heteroatoms. The molecule has 2 aromatic rings. The number of sulfonamides is 2. The number of carbonyl (C=O) groups excluding carboxylic acids is 1. The van der Waals surface area contributed by atoms with Gasteiger partial charge >= 0.3 is 0 Å². The van der Waals surface area contributed by atoms with E-state index in [9.17, 15) is 26.7 Å². The van der Waals surface area contributed by atoms with Crippen LogP contribution in [-0.2, 0) is 24.8 Å². The summed E-state index contributed by atoms with van der Waals surface area (Å²) < 4.78 is 66.5. The van der Waals surface area contributed by atoms with Crippen molar-refractivity contribution in [3.8, 4) is 5.75 Å². The fourth-order valence-electron chi connectivity index (χ4n) is 4.80. The topological polar surface area (TPSA) is 143 Å². The lowest BCUT2D eigenvalue weighted by Gasteiger charge is -2.35. The number of nitrogens with zero attached hydrogens (tertiary/aromatic N) is 2. The average molecular weight is 660 g/mol. The molecule has 240 valence electrons. The Kier molecular flexibility index (Phi) is 12.3. The Bertz CT molecular complexity index is 1450. The number of anilines is 1. The molecule has 1 amide bonds. The third-order valence-electron chi connectivity index (χ3n) is 7.31. The number of amides is 1. The van der Waals surface area contributed by atoms with Gasteiger partial charge in [-0.05, 0) is 75.6 Å². The largest absolute Gasteiger partial charge is 0.490 e. The van der Waals surface area contributed by atoms with E-state index in [1.54, 1.807) is 13.0 Å². The molecular weight excluding hydrogens is 618 g/mol. The van der Waals surface area contributed by atoms with E-state index < -0.39 is 38.1 Å². The molecule has 1 heterocycles. The van der Waals surface area contributed by atoms with Crippen LogP contribution in [-0.4, -0.2) is 94.9 Å². The van der Waals surface area contributed by atoms with Gasteiger partial charge in [0.2, 0.25) is 20.0 Å². The van der Waals surface area contributed by atoms with Crippen molar-refractivity contribution in [1.29, 1.82) is 0 Å². The summed E-state index contributed by atoms with van der Waals surface area (Å²) in [5, 5.41) is 10.5. The summed E-state index contributed by atoms with van der Waals surface area (Å²) in [6, 6.07) is 9.84. The number of likely N-dealkylation sites (N-methyl/N-ethyl adjacent to an activating group) is 1. The van der Waals surface area contributed by atoms with Crippen molar-refractivity contribution in [2.45, 2.75) is 63.2 Å². The molecule has 3 rings (SSSR count). The van der Waals surface area contributed by atoms with Gasteiger partial charge in [-0.1, -0.05) is 18.5 Å². The fraction of sp³-hybridized carbons (Fsp3) is 0.552. The number of hydrogen-bond acceptors (Lipinski definition) is 8. The summed E-state index contributed by atoms with van der Waals surface area (Å²) >= 11 is 5.95. The first-order chi connectivity index (χ1) is 20.1. The lowest BCUT2D eigenvalue weighted by atomic mass is 10.0.